The zero-order valence-electron chi connectivity index (χ0n) is 15.6. The van der Waals surface area contributed by atoms with Crippen molar-refractivity contribution in [3.05, 3.63) is 16.4 Å². The highest BCUT2D eigenvalue weighted by Gasteiger charge is 2.33. The van der Waals surface area contributed by atoms with Crippen molar-refractivity contribution in [2.45, 2.75) is 40.0 Å². The minimum atomic E-state index is -0.457. The van der Waals surface area contributed by atoms with Crippen LogP contribution in [-0.2, 0) is 9.53 Å². The molecule has 1 aromatic heterocycles. The summed E-state index contributed by atoms with van der Waals surface area (Å²) in [5.41, 5.74) is -0.138. The number of ether oxygens (including phenoxy) is 1. The Hall–Kier alpha value is -2.45. The first-order chi connectivity index (χ1) is 12.4. The van der Waals surface area contributed by atoms with Crippen molar-refractivity contribution in [1.82, 2.24) is 9.97 Å². The third-order valence-electron chi connectivity index (χ3n) is 4.34. The van der Waals surface area contributed by atoms with Crippen LogP contribution in [0.3, 0.4) is 0 Å². The second kappa shape index (κ2) is 9.30. The second-order valence-electron chi connectivity index (χ2n) is 6.80. The van der Waals surface area contributed by atoms with Crippen LogP contribution in [0.25, 0.3) is 0 Å². The summed E-state index contributed by atoms with van der Waals surface area (Å²) in [6, 6.07) is 0. The molecule has 1 unspecified atom stereocenters. The first kappa shape index (κ1) is 19.9. The molecule has 1 aliphatic rings. The van der Waals surface area contributed by atoms with Gasteiger partial charge in [-0.1, -0.05) is 13.8 Å². The summed E-state index contributed by atoms with van der Waals surface area (Å²) in [4.78, 5) is 33.2. The van der Waals surface area contributed by atoms with Crippen LogP contribution in [0.1, 0.15) is 40.0 Å². The summed E-state index contributed by atoms with van der Waals surface area (Å²) in [6.45, 7) is 7.84. The number of esters is 1. The molecule has 0 aliphatic carbocycles. The molecule has 1 atom stereocenters. The molecule has 0 bridgehead atoms. The second-order valence-corrected chi connectivity index (χ2v) is 6.80. The molecular formula is C17H27N5O4. The van der Waals surface area contributed by atoms with Crippen molar-refractivity contribution in [3.8, 4) is 0 Å². The highest BCUT2D eigenvalue weighted by molar-refractivity contribution is 5.75. The minimum absolute atomic E-state index is 0.138. The van der Waals surface area contributed by atoms with Crippen molar-refractivity contribution in [2.24, 2.45) is 11.8 Å². The van der Waals surface area contributed by atoms with Crippen LogP contribution < -0.4 is 10.2 Å². The Morgan fingerprint density at radius 3 is 2.92 bits per heavy atom. The van der Waals surface area contributed by atoms with Crippen LogP contribution in [0.15, 0.2) is 6.33 Å². The molecule has 26 heavy (non-hydrogen) atoms. The fraction of sp³-hybridized carbons (Fsp3) is 0.706. The molecule has 2 heterocycles. The van der Waals surface area contributed by atoms with Gasteiger partial charge in [-0.05, 0) is 32.1 Å². The van der Waals surface area contributed by atoms with Gasteiger partial charge < -0.3 is 15.0 Å². The Morgan fingerprint density at radius 2 is 2.27 bits per heavy atom. The Balaban J connectivity index is 2.21. The molecule has 0 saturated carbocycles. The van der Waals surface area contributed by atoms with Crippen LogP contribution >= 0.6 is 0 Å². The molecule has 9 heteroatoms. The molecule has 0 spiro atoms. The van der Waals surface area contributed by atoms with E-state index in [2.05, 4.69) is 29.1 Å². The normalized spacial score (nSPS) is 17.2. The molecule has 144 valence electrons. The Kier molecular flexibility index (Phi) is 7.11. The monoisotopic (exact) mass is 365 g/mol. The number of piperidine rings is 1. The molecule has 9 nitrogen and oxygen atoms in total. The van der Waals surface area contributed by atoms with E-state index < -0.39 is 4.92 Å². The number of carbonyl (C=O) groups is 1. The van der Waals surface area contributed by atoms with E-state index in [4.69, 9.17) is 4.74 Å². The Bertz CT molecular complexity index is 638. The van der Waals surface area contributed by atoms with Gasteiger partial charge in [0.1, 0.15) is 6.33 Å². The number of hydrogen-bond acceptors (Lipinski definition) is 8. The molecule has 2 rings (SSSR count). The Morgan fingerprint density at radius 1 is 1.50 bits per heavy atom. The summed E-state index contributed by atoms with van der Waals surface area (Å²) in [6.07, 6.45) is 3.67. The fourth-order valence-electron chi connectivity index (χ4n) is 3.00. The molecule has 1 N–H and O–H groups in total. The largest absolute Gasteiger partial charge is 0.466 e. The first-order valence-electron chi connectivity index (χ1n) is 9.08. The van der Waals surface area contributed by atoms with Gasteiger partial charge in [0, 0.05) is 19.6 Å². The van der Waals surface area contributed by atoms with E-state index in [1.54, 1.807) is 11.8 Å². The van der Waals surface area contributed by atoms with Crippen molar-refractivity contribution >= 4 is 23.3 Å². The van der Waals surface area contributed by atoms with Crippen LogP contribution in [-0.4, -0.2) is 47.1 Å². The van der Waals surface area contributed by atoms with E-state index in [1.165, 1.54) is 6.33 Å². The minimum Gasteiger partial charge on any atom is -0.466 e. The van der Waals surface area contributed by atoms with Gasteiger partial charge in [-0.15, -0.1) is 0 Å². The summed E-state index contributed by atoms with van der Waals surface area (Å²) >= 11 is 0. The number of carbonyl (C=O) groups excluding carboxylic acids is 1. The topological polar surface area (TPSA) is 110 Å². The van der Waals surface area contributed by atoms with Gasteiger partial charge in [0.25, 0.3) is 0 Å². The van der Waals surface area contributed by atoms with Crippen molar-refractivity contribution in [3.63, 3.8) is 0 Å². The average Bonchev–Trinajstić information content (AvgIpc) is 2.61. The van der Waals surface area contributed by atoms with Crippen LogP contribution in [0, 0.1) is 22.0 Å². The van der Waals surface area contributed by atoms with E-state index in [1.807, 2.05) is 0 Å². The number of nitro groups is 1. The van der Waals surface area contributed by atoms with Crippen molar-refractivity contribution in [1.29, 1.82) is 0 Å². The van der Waals surface area contributed by atoms with Crippen molar-refractivity contribution < 1.29 is 14.5 Å². The maximum absolute atomic E-state index is 12.0. The quantitative estimate of drug-likeness (QED) is 0.425. The number of rotatable bonds is 8. The van der Waals surface area contributed by atoms with Crippen LogP contribution in [0.4, 0.5) is 17.3 Å². The van der Waals surface area contributed by atoms with E-state index >= 15 is 0 Å². The lowest BCUT2D eigenvalue weighted by atomic mass is 9.98. The summed E-state index contributed by atoms with van der Waals surface area (Å²) in [5, 5.41) is 14.7. The van der Waals surface area contributed by atoms with Crippen molar-refractivity contribution in [2.75, 3.05) is 36.5 Å². The van der Waals surface area contributed by atoms with Crippen LogP contribution in [0.5, 0.6) is 0 Å². The van der Waals surface area contributed by atoms with Gasteiger partial charge in [0.05, 0.1) is 17.4 Å². The molecule has 0 aromatic carbocycles. The molecule has 1 saturated heterocycles. The highest BCUT2D eigenvalue weighted by atomic mass is 16.6. The average molecular weight is 365 g/mol. The van der Waals surface area contributed by atoms with E-state index in [0.29, 0.717) is 38.6 Å². The predicted molar refractivity (Wildman–Crippen MR) is 98.2 cm³/mol. The predicted octanol–water partition coefficient (Wildman–Crippen LogP) is 2.62. The maximum atomic E-state index is 12.0. The third kappa shape index (κ3) is 5.03. The Labute approximate surface area is 153 Å². The van der Waals surface area contributed by atoms with E-state index in [9.17, 15) is 14.9 Å². The maximum Gasteiger partial charge on any atom is 0.353 e. The standard InChI is InChI=1S/C17H27N5O4/c1-4-26-17(23)13-6-5-9-21(10-13)16-14(22(24)25)15(19-11-20-16)18-8-7-12(2)3/h11-13H,4-10H2,1-3H3,(H,18,19,20). The van der Waals surface area contributed by atoms with Gasteiger partial charge in [-0.25, -0.2) is 9.97 Å². The SMILES string of the molecule is CCOC(=O)C1CCCN(c2ncnc(NCCC(C)C)c2[N+](=O)[O-])C1. The third-order valence-corrected chi connectivity index (χ3v) is 4.34. The van der Waals surface area contributed by atoms with Crippen LogP contribution in [0.2, 0.25) is 0 Å². The molecule has 1 aliphatic heterocycles. The molecule has 0 amide bonds. The lowest BCUT2D eigenvalue weighted by Crippen LogP contribution is -2.40. The number of nitrogens with zero attached hydrogens (tertiary/aromatic N) is 4. The summed E-state index contributed by atoms with van der Waals surface area (Å²) < 4.78 is 5.10. The zero-order chi connectivity index (χ0) is 19.1. The summed E-state index contributed by atoms with van der Waals surface area (Å²) in [5.74, 6) is 0.403. The molecule has 1 aromatic rings. The molecular weight excluding hydrogens is 338 g/mol. The number of hydrogen-bond donors (Lipinski definition) is 1. The lowest BCUT2D eigenvalue weighted by Gasteiger charge is -2.32. The number of anilines is 2. The molecule has 1 fully saturated rings. The van der Waals surface area contributed by atoms with E-state index in [0.717, 1.165) is 12.8 Å². The smallest absolute Gasteiger partial charge is 0.353 e. The van der Waals surface area contributed by atoms with Gasteiger partial charge in [0.2, 0.25) is 11.6 Å². The van der Waals surface area contributed by atoms with Gasteiger partial charge in [0.15, 0.2) is 0 Å². The number of aromatic nitrogens is 2. The zero-order valence-corrected chi connectivity index (χ0v) is 15.6. The van der Waals surface area contributed by atoms with Gasteiger partial charge in [-0.3, -0.25) is 14.9 Å². The fourth-order valence-corrected chi connectivity index (χ4v) is 3.00. The highest BCUT2D eigenvalue weighted by Crippen LogP contribution is 2.34. The molecule has 0 radical (unpaired) electrons. The first-order valence-corrected chi connectivity index (χ1v) is 9.08. The number of nitrogens with one attached hydrogen (secondary N) is 1. The van der Waals surface area contributed by atoms with Gasteiger partial charge >= 0.3 is 11.7 Å². The van der Waals surface area contributed by atoms with Gasteiger partial charge in [-0.2, -0.15) is 0 Å². The summed E-state index contributed by atoms with van der Waals surface area (Å²) in [7, 11) is 0. The van der Waals surface area contributed by atoms with E-state index in [-0.39, 0.29) is 29.2 Å². The lowest BCUT2D eigenvalue weighted by molar-refractivity contribution is -0.383.